The molecule has 7 heteroatoms. The van der Waals surface area contributed by atoms with Crippen LogP contribution in [0.1, 0.15) is 52.4 Å². The normalized spacial score (nSPS) is 25.3. The van der Waals surface area contributed by atoms with Crippen LogP contribution >= 0.6 is 0 Å². The van der Waals surface area contributed by atoms with Crippen molar-refractivity contribution >= 4 is 17.7 Å². The first-order chi connectivity index (χ1) is 11.3. The first-order valence-electron chi connectivity index (χ1n) is 8.64. The highest BCUT2D eigenvalue weighted by Crippen LogP contribution is 2.25. The third-order valence-corrected chi connectivity index (χ3v) is 4.63. The average Bonchev–Trinajstić information content (AvgIpc) is 2.59. The fourth-order valence-electron chi connectivity index (χ4n) is 3.06. The minimum absolute atomic E-state index is 0.0772. The van der Waals surface area contributed by atoms with E-state index in [1.54, 1.807) is 13.8 Å². The van der Waals surface area contributed by atoms with Crippen molar-refractivity contribution in [3.8, 4) is 0 Å². The second-order valence-electron chi connectivity index (χ2n) is 7.17. The lowest BCUT2D eigenvalue weighted by Gasteiger charge is -2.35. The van der Waals surface area contributed by atoms with Gasteiger partial charge in [-0.15, -0.1) is 0 Å². The van der Waals surface area contributed by atoms with Gasteiger partial charge in [0.2, 0.25) is 5.78 Å². The van der Waals surface area contributed by atoms with Crippen LogP contribution in [0.25, 0.3) is 0 Å². The van der Waals surface area contributed by atoms with E-state index in [1.807, 2.05) is 0 Å². The summed E-state index contributed by atoms with van der Waals surface area (Å²) in [6.07, 6.45) is 4.34. The fourth-order valence-corrected chi connectivity index (χ4v) is 3.06. The average molecular weight is 341 g/mol. The van der Waals surface area contributed by atoms with E-state index in [-0.39, 0.29) is 12.9 Å². The molecule has 1 N–H and O–H groups in total. The third-order valence-electron chi connectivity index (χ3n) is 4.63. The minimum atomic E-state index is -1.06. The predicted octanol–water partition coefficient (Wildman–Crippen LogP) is 1.59. The number of carbonyl (C=O) groups excluding carboxylic acids is 2. The van der Waals surface area contributed by atoms with Gasteiger partial charge < -0.3 is 19.5 Å². The quantitative estimate of drug-likeness (QED) is 0.738. The fraction of sp³-hybridized carbons (Fsp3) is 0.824. The second-order valence-corrected chi connectivity index (χ2v) is 7.17. The Labute approximate surface area is 142 Å². The molecule has 0 saturated carbocycles. The summed E-state index contributed by atoms with van der Waals surface area (Å²) in [4.78, 5) is 37.7. The van der Waals surface area contributed by atoms with Gasteiger partial charge in [0.1, 0.15) is 6.04 Å². The molecule has 2 heterocycles. The van der Waals surface area contributed by atoms with Crippen molar-refractivity contribution in [3.63, 3.8) is 0 Å². The van der Waals surface area contributed by atoms with Crippen LogP contribution in [0.3, 0.4) is 0 Å². The first-order valence-corrected chi connectivity index (χ1v) is 8.64. The standard InChI is InChI=1S/C17H27NO6/c1-17(2,11-24-13-8-4-6-10-23-13)14(19)15(20)18-9-5-3-7-12(18)16(21)22/h12-13H,3-11H2,1-2H3,(H,21,22). The molecular formula is C17H27NO6. The van der Waals surface area contributed by atoms with Gasteiger partial charge in [-0.25, -0.2) is 4.79 Å². The Morgan fingerprint density at radius 1 is 1.17 bits per heavy atom. The van der Waals surface area contributed by atoms with Gasteiger partial charge in [0.25, 0.3) is 5.91 Å². The van der Waals surface area contributed by atoms with Crippen LogP contribution in [0.4, 0.5) is 0 Å². The number of nitrogens with zero attached hydrogens (tertiary/aromatic N) is 1. The maximum atomic E-state index is 12.6. The molecule has 0 radical (unpaired) electrons. The van der Waals surface area contributed by atoms with E-state index in [0.717, 1.165) is 32.1 Å². The van der Waals surface area contributed by atoms with Gasteiger partial charge in [0, 0.05) is 13.2 Å². The Hall–Kier alpha value is -1.47. The molecule has 2 aliphatic rings. The maximum absolute atomic E-state index is 12.6. The van der Waals surface area contributed by atoms with Crippen molar-refractivity contribution in [3.05, 3.63) is 0 Å². The first kappa shape index (κ1) is 18.9. The molecule has 2 atom stereocenters. The number of hydrogen-bond acceptors (Lipinski definition) is 5. The lowest BCUT2D eigenvalue weighted by molar-refractivity contribution is -0.181. The second kappa shape index (κ2) is 8.07. The Kier molecular flexibility index (Phi) is 6.34. The maximum Gasteiger partial charge on any atom is 0.326 e. The molecule has 0 aromatic rings. The Bertz CT molecular complexity index is 483. The molecule has 2 unspecified atom stereocenters. The van der Waals surface area contributed by atoms with Crippen molar-refractivity contribution in [2.75, 3.05) is 19.8 Å². The van der Waals surface area contributed by atoms with Crippen LogP contribution in [0.5, 0.6) is 0 Å². The molecule has 2 rings (SSSR count). The van der Waals surface area contributed by atoms with E-state index in [9.17, 15) is 19.5 Å². The zero-order valence-electron chi connectivity index (χ0n) is 14.5. The van der Waals surface area contributed by atoms with E-state index in [1.165, 1.54) is 4.90 Å². The van der Waals surface area contributed by atoms with E-state index in [2.05, 4.69) is 0 Å². The highest BCUT2D eigenvalue weighted by molar-refractivity contribution is 6.38. The van der Waals surface area contributed by atoms with Crippen molar-refractivity contribution in [1.29, 1.82) is 0 Å². The topological polar surface area (TPSA) is 93.1 Å². The number of carboxylic acids is 1. The number of carboxylic acid groups (broad SMARTS) is 1. The van der Waals surface area contributed by atoms with Crippen LogP contribution in [0, 0.1) is 5.41 Å². The molecule has 7 nitrogen and oxygen atoms in total. The molecule has 1 amide bonds. The van der Waals surface area contributed by atoms with Crippen molar-refractivity contribution in [2.24, 2.45) is 5.41 Å². The number of carbonyl (C=O) groups is 3. The molecular weight excluding hydrogens is 314 g/mol. The highest BCUT2D eigenvalue weighted by Gasteiger charge is 2.41. The molecule has 0 bridgehead atoms. The number of rotatable bonds is 6. The lowest BCUT2D eigenvalue weighted by Crippen LogP contribution is -2.53. The number of Topliss-reactive ketones (excluding diaryl/α,β-unsaturated/α-hetero) is 1. The minimum Gasteiger partial charge on any atom is -0.480 e. The van der Waals surface area contributed by atoms with Gasteiger partial charge in [0.05, 0.1) is 12.0 Å². The van der Waals surface area contributed by atoms with Gasteiger partial charge >= 0.3 is 5.97 Å². The van der Waals surface area contributed by atoms with E-state index >= 15 is 0 Å². The summed E-state index contributed by atoms with van der Waals surface area (Å²) in [5.41, 5.74) is -1.02. The van der Waals surface area contributed by atoms with E-state index in [4.69, 9.17) is 9.47 Å². The number of likely N-dealkylation sites (tertiary alicyclic amines) is 1. The summed E-state index contributed by atoms with van der Waals surface area (Å²) in [6.45, 7) is 4.33. The summed E-state index contributed by atoms with van der Waals surface area (Å²) in [6, 6.07) is -0.909. The monoisotopic (exact) mass is 341 g/mol. The number of ether oxygens (including phenoxy) is 2. The number of aliphatic carboxylic acids is 1. The van der Waals surface area contributed by atoms with Crippen LogP contribution in [-0.2, 0) is 23.9 Å². The summed E-state index contributed by atoms with van der Waals surface area (Å²) < 4.78 is 11.1. The molecule has 2 fully saturated rings. The molecule has 136 valence electrons. The van der Waals surface area contributed by atoms with Crippen molar-refractivity contribution in [1.82, 2.24) is 4.90 Å². The molecule has 2 aliphatic heterocycles. The molecule has 0 spiro atoms. The van der Waals surface area contributed by atoms with Crippen LogP contribution in [0.2, 0.25) is 0 Å². The number of ketones is 1. The summed E-state index contributed by atoms with van der Waals surface area (Å²) in [5, 5.41) is 9.27. The van der Waals surface area contributed by atoms with E-state index < -0.39 is 29.1 Å². The Balaban J connectivity index is 1.96. The number of hydrogen-bond donors (Lipinski definition) is 1. The smallest absolute Gasteiger partial charge is 0.326 e. The number of piperidine rings is 1. The van der Waals surface area contributed by atoms with E-state index in [0.29, 0.717) is 19.6 Å². The lowest BCUT2D eigenvalue weighted by atomic mass is 9.87. The molecule has 24 heavy (non-hydrogen) atoms. The summed E-state index contributed by atoms with van der Waals surface area (Å²) in [7, 11) is 0. The molecule has 0 aromatic heterocycles. The number of amides is 1. The largest absolute Gasteiger partial charge is 0.480 e. The molecule has 0 aromatic carbocycles. The van der Waals surface area contributed by atoms with Crippen LogP contribution in [-0.4, -0.2) is 59.8 Å². The van der Waals surface area contributed by atoms with Crippen LogP contribution in [0.15, 0.2) is 0 Å². The highest BCUT2D eigenvalue weighted by atomic mass is 16.7. The van der Waals surface area contributed by atoms with Crippen molar-refractivity contribution in [2.45, 2.75) is 64.7 Å². The van der Waals surface area contributed by atoms with Gasteiger partial charge in [-0.3, -0.25) is 9.59 Å². The molecule has 2 saturated heterocycles. The summed E-state index contributed by atoms with van der Waals surface area (Å²) in [5.74, 6) is -2.38. The van der Waals surface area contributed by atoms with Crippen LogP contribution < -0.4 is 0 Å². The SMILES string of the molecule is CC(C)(COC1CCCCO1)C(=O)C(=O)N1CCCCC1C(=O)O. The zero-order valence-corrected chi connectivity index (χ0v) is 14.5. The van der Waals surface area contributed by atoms with Gasteiger partial charge in [-0.2, -0.15) is 0 Å². The molecule has 0 aliphatic carbocycles. The van der Waals surface area contributed by atoms with Gasteiger partial charge in [-0.05, 0) is 38.5 Å². The van der Waals surface area contributed by atoms with Gasteiger partial charge in [0.15, 0.2) is 6.29 Å². The van der Waals surface area contributed by atoms with Crippen molar-refractivity contribution < 1.29 is 29.0 Å². The third kappa shape index (κ3) is 4.54. The predicted molar refractivity (Wildman–Crippen MR) is 85.3 cm³/mol. The van der Waals surface area contributed by atoms with Gasteiger partial charge in [-0.1, -0.05) is 13.8 Å². The Morgan fingerprint density at radius 2 is 1.88 bits per heavy atom. The summed E-state index contributed by atoms with van der Waals surface area (Å²) >= 11 is 0. The Morgan fingerprint density at radius 3 is 2.50 bits per heavy atom. The zero-order chi connectivity index (χ0) is 17.7.